The third-order valence-corrected chi connectivity index (χ3v) is 4.85. The maximum atomic E-state index is 11.4. The first-order valence-electron chi connectivity index (χ1n) is 5.10. The van der Waals surface area contributed by atoms with Crippen molar-refractivity contribution in [3.8, 4) is 0 Å². The summed E-state index contributed by atoms with van der Waals surface area (Å²) in [6, 6.07) is 0. The van der Waals surface area contributed by atoms with Gasteiger partial charge < -0.3 is 0 Å². The molecular weight excluding hydrogens is 184 g/mol. The SMILES string of the molecule is CC(C)C1CCCC(S(C)(=O)=O)C1. The van der Waals surface area contributed by atoms with Crippen LogP contribution in [0.25, 0.3) is 0 Å². The van der Waals surface area contributed by atoms with Crippen molar-refractivity contribution in [1.82, 2.24) is 0 Å². The van der Waals surface area contributed by atoms with Gasteiger partial charge in [-0.2, -0.15) is 0 Å². The fraction of sp³-hybridized carbons (Fsp3) is 1.00. The van der Waals surface area contributed by atoms with Crippen LogP contribution >= 0.6 is 0 Å². The molecule has 0 aromatic carbocycles. The van der Waals surface area contributed by atoms with Crippen LogP contribution in [0.3, 0.4) is 0 Å². The maximum absolute atomic E-state index is 11.4. The third kappa shape index (κ3) is 2.97. The summed E-state index contributed by atoms with van der Waals surface area (Å²) in [6.07, 6.45) is 5.43. The van der Waals surface area contributed by atoms with Crippen LogP contribution < -0.4 is 0 Å². The second-order valence-corrected chi connectivity index (χ2v) is 6.95. The quantitative estimate of drug-likeness (QED) is 0.691. The molecule has 1 aliphatic rings. The van der Waals surface area contributed by atoms with Crippen molar-refractivity contribution < 1.29 is 8.42 Å². The van der Waals surface area contributed by atoms with Crippen molar-refractivity contribution in [3.63, 3.8) is 0 Å². The first-order chi connectivity index (χ1) is 5.91. The molecule has 2 unspecified atom stereocenters. The summed E-state index contributed by atoms with van der Waals surface area (Å²) < 4.78 is 22.7. The lowest BCUT2D eigenvalue weighted by Crippen LogP contribution is -2.29. The summed E-state index contributed by atoms with van der Waals surface area (Å²) in [6.45, 7) is 4.38. The van der Waals surface area contributed by atoms with Gasteiger partial charge in [-0.3, -0.25) is 0 Å². The molecule has 3 heteroatoms. The molecular formula is C10H20O2S. The Morgan fingerprint density at radius 1 is 1.23 bits per heavy atom. The minimum absolute atomic E-state index is 0.0614. The van der Waals surface area contributed by atoms with Crippen molar-refractivity contribution in [2.45, 2.75) is 44.8 Å². The molecule has 0 spiro atoms. The lowest BCUT2D eigenvalue weighted by molar-refractivity contribution is 0.280. The van der Waals surface area contributed by atoms with Crippen molar-refractivity contribution in [2.75, 3.05) is 6.26 Å². The van der Waals surface area contributed by atoms with E-state index in [4.69, 9.17) is 0 Å². The lowest BCUT2D eigenvalue weighted by Gasteiger charge is -2.30. The first-order valence-corrected chi connectivity index (χ1v) is 7.05. The second-order valence-electron chi connectivity index (χ2n) is 4.62. The molecule has 0 aromatic heterocycles. The molecule has 0 radical (unpaired) electrons. The second kappa shape index (κ2) is 3.99. The van der Waals surface area contributed by atoms with Crippen molar-refractivity contribution >= 4 is 9.84 Å². The monoisotopic (exact) mass is 204 g/mol. The molecule has 0 heterocycles. The number of hydrogen-bond donors (Lipinski definition) is 0. The molecule has 1 aliphatic carbocycles. The fourth-order valence-corrected chi connectivity index (χ4v) is 3.37. The zero-order chi connectivity index (χ0) is 10.1. The molecule has 78 valence electrons. The molecule has 0 bridgehead atoms. The Balaban J connectivity index is 2.62. The zero-order valence-corrected chi connectivity index (χ0v) is 9.60. The molecule has 0 amide bonds. The normalized spacial score (nSPS) is 30.8. The van der Waals surface area contributed by atoms with Gasteiger partial charge in [-0.1, -0.05) is 26.7 Å². The highest BCUT2D eigenvalue weighted by Gasteiger charge is 2.29. The lowest BCUT2D eigenvalue weighted by atomic mass is 9.81. The van der Waals surface area contributed by atoms with E-state index < -0.39 is 9.84 Å². The Labute approximate surface area is 81.6 Å². The highest BCUT2D eigenvalue weighted by atomic mass is 32.2. The zero-order valence-electron chi connectivity index (χ0n) is 8.79. The highest BCUT2D eigenvalue weighted by molar-refractivity contribution is 7.91. The Kier molecular flexibility index (Phi) is 3.38. The Morgan fingerprint density at radius 2 is 1.85 bits per heavy atom. The first kappa shape index (κ1) is 11.0. The highest BCUT2D eigenvalue weighted by Crippen LogP contribution is 2.32. The van der Waals surface area contributed by atoms with E-state index >= 15 is 0 Å². The molecule has 0 N–H and O–H groups in total. The summed E-state index contributed by atoms with van der Waals surface area (Å²) in [5.74, 6) is 1.25. The van der Waals surface area contributed by atoms with E-state index in [2.05, 4.69) is 13.8 Å². The maximum Gasteiger partial charge on any atom is 0.150 e. The topological polar surface area (TPSA) is 34.1 Å². The Hall–Kier alpha value is -0.0500. The molecule has 2 atom stereocenters. The third-order valence-electron chi connectivity index (χ3n) is 3.21. The van der Waals surface area contributed by atoms with Crippen LogP contribution in [0.4, 0.5) is 0 Å². The van der Waals surface area contributed by atoms with E-state index in [1.807, 2.05) is 0 Å². The number of sulfone groups is 1. The van der Waals surface area contributed by atoms with Crippen molar-refractivity contribution in [1.29, 1.82) is 0 Å². The van der Waals surface area contributed by atoms with Gasteiger partial charge in [0, 0.05) is 6.26 Å². The van der Waals surface area contributed by atoms with Crippen LogP contribution in [0.15, 0.2) is 0 Å². The predicted octanol–water partition coefficient (Wildman–Crippen LogP) is 2.25. The van der Waals surface area contributed by atoms with Crippen LogP contribution in [0.1, 0.15) is 39.5 Å². The minimum atomic E-state index is -2.79. The van der Waals surface area contributed by atoms with Gasteiger partial charge in [0.05, 0.1) is 5.25 Å². The van der Waals surface area contributed by atoms with Gasteiger partial charge in [-0.05, 0) is 24.7 Å². The fourth-order valence-electron chi connectivity index (χ4n) is 2.18. The Bertz CT molecular complexity index is 254. The summed E-state index contributed by atoms with van der Waals surface area (Å²) in [7, 11) is -2.79. The molecule has 1 saturated carbocycles. The molecule has 2 nitrogen and oxygen atoms in total. The van der Waals surface area contributed by atoms with Gasteiger partial charge in [0.1, 0.15) is 9.84 Å². The van der Waals surface area contributed by atoms with Crippen LogP contribution in [-0.4, -0.2) is 19.9 Å². The van der Waals surface area contributed by atoms with Gasteiger partial charge in [0.2, 0.25) is 0 Å². The Morgan fingerprint density at radius 3 is 2.31 bits per heavy atom. The van der Waals surface area contributed by atoms with E-state index in [1.54, 1.807) is 0 Å². The molecule has 0 aromatic rings. The van der Waals surface area contributed by atoms with E-state index in [-0.39, 0.29) is 5.25 Å². The summed E-state index contributed by atoms with van der Waals surface area (Å²) in [5.41, 5.74) is 0. The van der Waals surface area contributed by atoms with E-state index in [1.165, 1.54) is 12.7 Å². The van der Waals surface area contributed by atoms with Crippen LogP contribution in [0.2, 0.25) is 0 Å². The summed E-state index contributed by atoms with van der Waals surface area (Å²) in [5, 5.41) is -0.0614. The van der Waals surface area contributed by atoms with Crippen molar-refractivity contribution in [3.05, 3.63) is 0 Å². The largest absolute Gasteiger partial charge is 0.229 e. The van der Waals surface area contributed by atoms with Crippen LogP contribution in [-0.2, 0) is 9.84 Å². The minimum Gasteiger partial charge on any atom is -0.229 e. The van der Waals surface area contributed by atoms with E-state index in [9.17, 15) is 8.42 Å². The summed E-state index contributed by atoms with van der Waals surface area (Å²) >= 11 is 0. The van der Waals surface area contributed by atoms with Crippen LogP contribution in [0.5, 0.6) is 0 Å². The van der Waals surface area contributed by atoms with Gasteiger partial charge >= 0.3 is 0 Å². The van der Waals surface area contributed by atoms with Gasteiger partial charge in [0.25, 0.3) is 0 Å². The molecule has 0 aliphatic heterocycles. The average Bonchev–Trinajstić information content (AvgIpc) is 2.03. The summed E-state index contributed by atoms with van der Waals surface area (Å²) in [4.78, 5) is 0. The molecule has 0 saturated heterocycles. The van der Waals surface area contributed by atoms with E-state index in [0.29, 0.717) is 11.8 Å². The van der Waals surface area contributed by atoms with E-state index in [0.717, 1.165) is 19.3 Å². The molecule has 1 rings (SSSR count). The van der Waals surface area contributed by atoms with Crippen molar-refractivity contribution in [2.24, 2.45) is 11.8 Å². The standard InChI is InChI=1S/C10H20O2S/c1-8(2)9-5-4-6-10(7-9)13(3,11)12/h8-10H,4-7H2,1-3H3. The smallest absolute Gasteiger partial charge is 0.150 e. The molecule has 1 fully saturated rings. The predicted molar refractivity (Wildman–Crippen MR) is 55.4 cm³/mol. The van der Waals surface area contributed by atoms with Gasteiger partial charge in [-0.15, -0.1) is 0 Å². The van der Waals surface area contributed by atoms with Gasteiger partial charge in [-0.25, -0.2) is 8.42 Å². The average molecular weight is 204 g/mol. The van der Waals surface area contributed by atoms with Gasteiger partial charge in [0.15, 0.2) is 0 Å². The molecule has 13 heavy (non-hydrogen) atoms. The number of hydrogen-bond acceptors (Lipinski definition) is 2. The van der Waals surface area contributed by atoms with Crippen LogP contribution in [0, 0.1) is 11.8 Å². The number of rotatable bonds is 2.